The van der Waals surface area contributed by atoms with E-state index in [1.54, 1.807) is 0 Å². The van der Waals surface area contributed by atoms with Gasteiger partial charge in [-0.25, -0.2) is 5.43 Å². The minimum atomic E-state index is -0.523. The van der Waals surface area contributed by atoms with Gasteiger partial charge in [0.2, 0.25) is 0 Å². The lowest BCUT2D eigenvalue weighted by atomic mass is 10.1. The van der Waals surface area contributed by atoms with Gasteiger partial charge < -0.3 is 0 Å². The number of carbonyl (C=O) groups is 1. The first-order valence-corrected chi connectivity index (χ1v) is 8.48. The first kappa shape index (κ1) is 17.8. The maximum atomic E-state index is 12.1. The summed E-state index contributed by atoms with van der Waals surface area (Å²) >= 11 is 0. The third-order valence-electron chi connectivity index (χ3n) is 4.32. The Kier molecular flexibility index (Phi) is 5.70. The molecular formula is C19H20N4O3. The van der Waals surface area contributed by atoms with Gasteiger partial charge in [-0.05, 0) is 11.6 Å². The van der Waals surface area contributed by atoms with E-state index in [1.807, 2.05) is 18.2 Å². The van der Waals surface area contributed by atoms with Crippen LogP contribution < -0.4 is 5.43 Å². The molecule has 0 atom stereocenters. The first-order chi connectivity index (χ1) is 12.6. The van der Waals surface area contributed by atoms with Crippen LogP contribution in [0.5, 0.6) is 0 Å². The van der Waals surface area contributed by atoms with Crippen LogP contribution in [0.2, 0.25) is 0 Å². The van der Waals surface area contributed by atoms with Gasteiger partial charge in [-0.1, -0.05) is 36.4 Å². The van der Waals surface area contributed by atoms with Crippen molar-refractivity contribution in [3.05, 3.63) is 75.8 Å². The van der Waals surface area contributed by atoms with E-state index in [4.69, 9.17) is 0 Å². The minimum Gasteiger partial charge on any atom is -0.298 e. The topological polar surface area (TPSA) is 87.8 Å². The highest BCUT2D eigenvalue weighted by Gasteiger charge is 2.16. The highest BCUT2D eigenvalue weighted by Crippen LogP contribution is 2.14. The Balaban J connectivity index is 1.51. The molecule has 1 N–H and O–H groups in total. The number of carbonyl (C=O) groups excluding carboxylic acids is 1. The molecule has 0 aliphatic carbocycles. The van der Waals surface area contributed by atoms with E-state index >= 15 is 0 Å². The lowest BCUT2D eigenvalue weighted by molar-refractivity contribution is -0.384. The Morgan fingerprint density at radius 1 is 1.12 bits per heavy atom. The lowest BCUT2D eigenvalue weighted by Crippen LogP contribution is -2.34. The van der Waals surface area contributed by atoms with Gasteiger partial charge in [-0.3, -0.25) is 19.8 Å². The predicted octanol–water partition coefficient (Wildman–Crippen LogP) is 2.98. The Bertz CT molecular complexity index is 811. The quantitative estimate of drug-likeness (QED) is 0.662. The summed E-state index contributed by atoms with van der Waals surface area (Å²) in [5.74, 6) is -0.437. The van der Waals surface area contributed by atoms with Gasteiger partial charge in [-0.15, -0.1) is 0 Å². The molecule has 1 fully saturated rings. The fraction of sp³-hybridized carbons (Fsp3) is 0.263. The summed E-state index contributed by atoms with van der Waals surface area (Å²) in [4.78, 5) is 24.7. The number of nitrogens with zero attached hydrogens (tertiary/aromatic N) is 3. The number of benzene rings is 2. The van der Waals surface area contributed by atoms with Crippen molar-refractivity contribution in [2.75, 3.05) is 13.1 Å². The zero-order chi connectivity index (χ0) is 18.4. The fourth-order valence-electron chi connectivity index (χ4n) is 2.88. The van der Waals surface area contributed by atoms with Crippen LogP contribution >= 0.6 is 0 Å². The second-order valence-electron chi connectivity index (χ2n) is 6.19. The van der Waals surface area contributed by atoms with Crippen LogP contribution in [0, 0.1) is 10.1 Å². The van der Waals surface area contributed by atoms with Crippen molar-refractivity contribution in [3.8, 4) is 0 Å². The van der Waals surface area contributed by atoms with Gasteiger partial charge in [0, 0.05) is 55.9 Å². The highest BCUT2D eigenvalue weighted by molar-refractivity contribution is 5.96. The zero-order valence-corrected chi connectivity index (χ0v) is 14.3. The molecule has 1 saturated heterocycles. The Hall–Kier alpha value is -3.06. The van der Waals surface area contributed by atoms with Crippen molar-refractivity contribution in [1.29, 1.82) is 0 Å². The Labute approximate surface area is 151 Å². The van der Waals surface area contributed by atoms with Crippen LogP contribution in [-0.4, -0.2) is 34.5 Å². The summed E-state index contributed by atoms with van der Waals surface area (Å²) < 4.78 is 0. The van der Waals surface area contributed by atoms with Crippen molar-refractivity contribution in [2.45, 2.75) is 19.4 Å². The van der Waals surface area contributed by atoms with Gasteiger partial charge in [0.05, 0.1) is 4.92 Å². The van der Waals surface area contributed by atoms with Crippen LogP contribution in [0.1, 0.15) is 28.8 Å². The van der Waals surface area contributed by atoms with Gasteiger partial charge in [0.15, 0.2) is 0 Å². The van der Waals surface area contributed by atoms with Crippen LogP contribution in [0.4, 0.5) is 5.69 Å². The number of piperidine rings is 1. The number of likely N-dealkylation sites (tertiary alicyclic amines) is 1. The standard InChI is InChI=1S/C19H20N4O3/c24-19(16-7-4-8-18(13-16)23(25)26)21-20-17-9-11-22(12-10-17)14-15-5-2-1-3-6-15/h1-8,13H,9-12,14H2,(H,21,24). The molecule has 0 radical (unpaired) electrons. The molecule has 7 nitrogen and oxygen atoms in total. The number of nitro benzene ring substituents is 1. The van der Waals surface area contributed by atoms with E-state index < -0.39 is 10.8 Å². The number of non-ortho nitro benzene ring substituents is 1. The summed E-state index contributed by atoms with van der Waals surface area (Å²) in [5, 5.41) is 15.0. The molecular weight excluding hydrogens is 332 g/mol. The van der Waals surface area contributed by atoms with E-state index in [0.29, 0.717) is 0 Å². The average molecular weight is 352 g/mol. The Morgan fingerprint density at radius 2 is 1.85 bits per heavy atom. The molecule has 1 heterocycles. The molecule has 26 heavy (non-hydrogen) atoms. The summed E-state index contributed by atoms with van der Waals surface area (Å²) in [5.41, 5.74) is 4.84. The van der Waals surface area contributed by atoms with E-state index in [-0.39, 0.29) is 11.3 Å². The molecule has 0 saturated carbocycles. The van der Waals surface area contributed by atoms with E-state index in [1.165, 1.54) is 29.8 Å². The first-order valence-electron chi connectivity index (χ1n) is 8.48. The van der Waals surface area contributed by atoms with Gasteiger partial charge in [-0.2, -0.15) is 5.10 Å². The molecule has 2 aromatic rings. The molecule has 2 aromatic carbocycles. The largest absolute Gasteiger partial charge is 0.298 e. The lowest BCUT2D eigenvalue weighted by Gasteiger charge is -2.27. The number of nitrogens with one attached hydrogen (secondary N) is 1. The van der Waals surface area contributed by atoms with Crippen molar-refractivity contribution in [1.82, 2.24) is 10.3 Å². The van der Waals surface area contributed by atoms with Crippen molar-refractivity contribution in [2.24, 2.45) is 5.10 Å². The molecule has 0 unspecified atom stereocenters. The normalized spacial score (nSPS) is 14.7. The monoisotopic (exact) mass is 352 g/mol. The van der Waals surface area contributed by atoms with E-state index in [0.717, 1.165) is 38.2 Å². The molecule has 0 spiro atoms. The summed E-state index contributed by atoms with van der Waals surface area (Å²) in [6.45, 7) is 2.69. The molecule has 1 amide bonds. The summed E-state index contributed by atoms with van der Waals surface area (Å²) in [6.07, 6.45) is 1.59. The third-order valence-corrected chi connectivity index (χ3v) is 4.32. The number of hydrogen-bond acceptors (Lipinski definition) is 5. The molecule has 3 rings (SSSR count). The maximum absolute atomic E-state index is 12.1. The van der Waals surface area contributed by atoms with Crippen LogP contribution in [0.25, 0.3) is 0 Å². The SMILES string of the molecule is O=C(NN=C1CCN(Cc2ccccc2)CC1)c1cccc([N+](=O)[O-])c1. The van der Waals surface area contributed by atoms with Crippen molar-refractivity contribution < 1.29 is 9.72 Å². The average Bonchev–Trinajstić information content (AvgIpc) is 2.68. The molecule has 0 bridgehead atoms. The summed E-state index contributed by atoms with van der Waals surface area (Å²) in [7, 11) is 0. The predicted molar refractivity (Wildman–Crippen MR) is 99.0 cm³/mol. The molecule has 0 aromatic heterocycles. The van der Waals surface area contributed by atoms with E-state index in [2.05, 4.69) is 27.6 Å². The third kappa shape index (κ3) is 4.73. The van der Waals surface area contributed by atoms with Gasteiger partial charge >= 0.3 is 0 Å². The second-order valence-corrected chi connectivity index (χ2v) is 6.19. The highest BCUT2D eigenvalue weighted by atomic mass is 16.6. The van der Waals surface area contributed by atoms with E-state index in [9.17, 15) is 14.9 Å². The van der Waals surface area contributed by atoms with Crippen LogP contribution in [-0.2, 0) is 6.54 Å². The second kappa shape index (κ2) is 8.35. The van der Waals surface area contributed by atoms with Gasteiger partial charge in [0.1, 0.15) is 0 Å². The molecule has 1 aliphatic rings. The maximum Gasteiger partial charge on any atom is 0.271 e. The van der Waals surface area contributed by atoms with Gasteiger partial charge in [0.25, 0.3) is 11.6 Å². The fourth-order valence-corrected chi connectivity index (χ4v) is 2.88. The van der Waals surface area contributed by atoms with Crippen molar-refractivity contribution >= 4 is 17.3 Å². The Morgan fingerprint density at radius 3 is 2.54 bits per heavy atom. The number of hydrogen-bond donors (Lipinski definition) is 1. The molecule has 134 valence electrons. The molecule has 7 heteroatoms. The zero-order valence-electron chi connectivity index (χ0n) is 14.3. The van der Waals surface area contributed by atoms with Crippen molar-refractivity contribution in [3.63, 3.8) is 0 Å². The number of nitro groups is 1. The summed E-state index contributed by atoms with van der Waals surface area (Å²) in [6, 6.07) is 15.9. The number of rotatable bonds is 5. The smallest absolute Gasteiger partial charge is 0.271 e. The minimum absolute atomic E-state index is 0.112. The molecule has 1 aliphatic heterocycles. The number of hydrazone groups is 1. The number of amides is 1. The van der Waals surface area contributed by atoms with Crippen LogP contribution in [0.3, 0.4) is 0 Å². The van der Waals surface area contributed by atoms with Crippen LogP contribution in [0.15, 0.2) is 59.7 Å².